The van der Waals surface area contributed by atoms with Crippen LogP contribution < -0.4 is 10.1 Å². The highest BCUT2D eigenvalue weighted by Gasteiger charge is 2.45. The zero-order valence-corrected chi connectivity index (χ0v) is 10.7. The molecule has 1 heterocycles. The van der Waals surface area contributed by atoms with E-state index >= 15 is 0 Å². The summed E-state index contributed by atoms with van der Waals surface area (Å²) in [5, 5.41) is 12.2. The number of nitrogens with one attached hydrogen (secondary N) is 1. The highest BCUT2D eigenvalue weighted by atomic mass is 16.5. The van der Waals surface area contributed by atoms with Gasteiger partial charge in [0.05, 0.1) is 18.7 Å². The number of ether oxygens (including phenoxy) is 1. The van der Waals surface area contributed by atoms with Crippen molar-refractivity contribution in [3.63, 3.8) is 0 Å². The van der Waals surface area contributed by atoms with Gasteiger partial charge in [-0.2, -0.15) is 5.26 Å². The van der Waals surface area contributed by atoms with Gasteiger partial charge in [0.1, 0.15) is 11.2 Å². The number of carbonyl (C=O) groups is 1. The first-order valence-corrected chi connectivity index (χ1v) is 6.69. The standard InChI is InChI=1S/C15H16N2O2/c16-10-15(7-3-8-15)14(18)17-12-6-9-19-13-5-2-1-4-11(12)13/h1-2,4-5,12H,3,6-9H2,(H,17,18). The first-order valence-electron chi connectivity index (χ1n) is 6.69. The van der Waals surface area contributed by atoms with Crippen LogP contribution in [-0.2, 0) is 4.79 Å². The van der Waals surface area contributed by atoms with Crippen LogP contribution in [0, 0.1) is 16.7 Å². The maximum atomic E-state index is 12.3. The van der Waals surface area contributed by atoms with Crippen LogP contribution in [0.2, 0.25) is 0 Å². The second-order valence-corrected chi connectivity index (χ2v) is 5.25. The Morgan fingerprint density at radius 2 is 2.21 bits per heavy atom. The maximum Gasteiger partial charge on any atom is 0.240 e. The fourth-order valence-corrected chi connectivity index (χ4v) is 2.71. The molecule has 19 heavy (non-hydrogen) atoms. The van der Waals surface area contributed by atoms with Gasteiger partial charge in [-0.1, -0.05) is 18.2 Å². The first kappa shape index (κ1) is 12.0. The van der Waals surface area contributed by atoms with Crippen molar-refractivity contribution in [3.8, 4) is 11.8 Å². The molecule has 0 bridgehead atoms. The first-order chi connectivity index (χ1) is 9.25. The van der Waals surface area contributed by atoms with Crippen LogP contribution in [0.15, 0.2) is 24.3 Å². The number of nitriles is 1. The molecule has 0 aromatic heterocycles. The van der Waals surface area contributed by atoms with E-state index in [1.165, 1.54) is 0 Å². The minimum Gasteiger partial charge on any atom is -0.493 e. The van der Waals surface area contributed by atoms with E-state index in [4.69, 9.17) is 4.74 Å². The Balaban J connectivity index is 1.78. The monoisotopic (exact) mass is 256 g/mol. The molecule has 1 aliphatic carbocycles. The molecule has 0 saturated heterocycles. The Morgan fingerprint density at radius 1 is 1.42 bits per heavy atom. The summed E-state index contributed by atoms with van der Waals surface area (Å²) in [5.74, 6) is 0.710. The molecule has 4 nitrogen and oxygen atoms in total. The summed E-state index contributed by atoms with van der Waals surface area (Å²) in [5.41, 5.74) is 0.224. The lowest BCUT2D eigenvalue weighted by Gasteiger charge is -2.36. The molecule has 3 rings (SSSR count). The zero-order chi connectivity index (χ0) is 13.3. The third-order valence-corrected chi connectivity index (χ3v) is 4.12. The Bertz CT molecular complexity index is 543. The molecule has 2 aliphatic rings. The average Bonchev–Trinajstić information content (AvgIpc) is 2.38. The summed E-state index contributed by atoms with van der Waals surface area (Å²) in [6.45, 7) is 0.599. The van der Waals surface area contributed by atoms with Gasteiger partial charge in [-0.05, 0) is 25.3 Å². The molecule has 1 atom stereocenters. The summed E-state index contributed by atoms with van der Waals surface area (Å²) in [6, 6.07) is 9.89. The van der Waals surface area contributed by atoms with Crippen molar-refractivity contribution in [1.29, 1.82) is 5.26 Å². The van der Waals surface area contributed by atoms with Gasteiger partial charge >= 0.3 is 0 Å². The van der Waals surface area contributed by atoms with Gasteiger partial charge in [0, 0.05) is 12.0 Å². The van der Waals surface area contributed by atoms with Gasteiger partial charge in [0.15, 0.2) is 0 Å². The average molecular weight is 256 g/mol. The van der Waals surface area contributed by atoms with E-state index in [0.717, 1.165) is 24.2 Å². The SMILES string of the molecule is N#CC1(C(=O)NC2CCOc3ccccc32)CCC1. The summed E-state index contributed by atoms with van der Waals surface area (Å²) in [7, 11) is 0. The number of amides is 1. The molecule has 98 valence electrons. The largest absolute Gasteiger partial charge is 0.493 e. The van der Waals surface area contributed by atoms with E-state index < -0.39 is 5.41 Å². The third kappa shape index (κ3) is 1.95. The Hall–Kier alpha value is -2.02. The topological polar surface area (TPSA) is 62.1 Å². The summed E-state index contributed by atoms with van der Waals surface area (Å²) in [6.07, 6.45) is 3.08. The second-order valence-electron chi connectivity index (χ2n) is 5.25. The molecule has 1 aromatic carbocycles. The van der Waals surface area contributed by atoms with Crippen LogP contribution in [0.1, 0.15) is 37.3 Å². The third-order valence-electron chi connectivity index (χ3n) is 4.12. The number of carbonyl (C=O) groups excluding carboxylic acids is 1. The molecule has 1 unspecified atom stereocenters. The number of fused-ring (bicyclic) bond motifs is 1. The van der Waals surface area contributed by atoms with Gasteiger partial charge in [0.25, 0.3) is 0 Å². The number of benzene rings is 1. The van der Waals surface area contributed by atoms with Crippen molar-refractivity contribution in [1.82, 2.24) is 5.32 Å². The zero-order valence-electron chi connectivity index (χ0n) is 10.7. The quantitative estimate of drug-likeness (QED) is 0.883. The predicted octanol–water partition coefficient (Wildman–Crippen LogP) is 2.32. The van der Waals surface area contributed by atoms with E-state index in [9.17, 15) is 10.1 Å². The van der Waals surface area contributed by atoms with Gasteiger partial charge in [-0.15, -0.1) is 0 Å². The van der Waals surface area contributed by atoms with Crippen molar-refractivity contribution in [2.75, 3.05) is 6.61 Å². The van der Waals surface area contributed by atoms with E-state index in [-0.39, 0.29) is 11.9 Å². The lowest BCUT2D eigenvalue weighted by Crippen LogP contribution is -2.46. The van der Waals surface area contributed by atoms with Gasteiger partial charge in [-0.25, -0.2) is 0 Å². The maximum absolute atomic E-state index is 12.3. The Morgan fingerprint density at radius 3 is 2.89 bits per heavy atom. The van der Waals surface area contributed by atoms with Gasteiger partial charge < -0.3 is 10.1 Å². The van der Waals surface area contributed by atoms with Crippen molar-refractivity contribution in [2.24, 2.45) is 5.41 Å². The van der Waals surface area contributed by atoms with Crippen LogP contribution in [0.3, 0.4) is 0 Å². The Kier molecular flexibility index (Phi) is 2.90. The van der Waals surface area contributed by atoms with E-state index in [1.807, 2.05) is 24.3 Å². The molecule has 1 fully saturated rings. The van der Waals surface area contributed by atoms with Crippen molar-refractivity contribution in [2.45, 2.75) is 31.7 Å². The van der Waals surface area contributed by atoms with Crippen LogP contribution in [-0.4, -0.2) is 12.5 Å². The van der Waals surface area contributed by atoms with Crippen molar-refractivity contribution < 1.29 is 9.53 Å². The molecule has 1 aromatic rings. The fourth-order valence-electron chi connectivity index (χ4n) is 2.71. The molecule has 1 aliphatic heterocycles. The molecule has 1 saturated carbocycles. The molecule has 0 spiro atoms. The smallest absolute Gasteiger partial charge is 0.240 e. The summed E-state index contributed by atoms with van der Waals surface area (Å²) < 4.78 is 5.57. The molecule has 0 radical (unpaired) electrons. The molecular weight excluding hydrogens is 240 g/mol. The van der Waals surface area contributed by atoms with E-state index in [0.29, 0.717) is 19.4 Å². The minimum absolute atomic E-state index is 0.0386. The van der Waals surface area contributed by atoms with Gasteiger partial charge in [0.2, 0.25) is 5.91 Å². The van der Waals surface area contributed by atoms with E-state index in [2.05, 4.69) is 11.4 Å². The highest BCUT2D eigenvalue weighted by molar-refractivity contribution is 5.86. The number of rotatable bonds is 2. The number of hydrogen-bond acceptors (Lipinski definition) is 3. The van der Waals surface area contributed by atoms with Crippen molar-refractivity contribution in [3.05, 3.63) is 29.8 Å². The van der Waals surface area contributed by atoms with Crippen LogP contribution >= 0.6 is 0 Å². The van der Waals surface area contributed by atoms with Crippen molar-refractivity contribution >= 4 is 5.91 Å². The lowest BCUT2D eigenvalue weighted by atomic mass is 9.69. The van der Waals surface area contributed by atoms with E-state index in [1.54, 1.807) is 0 Å². The number of nitrogens with zero attached hydrogens (tertiary/aromatic N) is 1. The summed E-state index contributed by atoms with van der Waals surface area (Å²) in [4.78, 5) is 12.3. The highest BCUT2D eigenvalue weighted by Crippen LogP contribution is 2.41. The minimum atomic E-state index is -0.784. The number of hydrogen-bond donors (Lipinski definition) is 1. The second kappa shape index (κ2) is 4.58. The van der Waals surface area contributed by atoms with Crippen LogP contribution in [0.5, 0.6) is 5.75 Å². The molecule has 1 N–H and O–H groups in total. The Labute approximate surface area is 112 Å². The molecule has 4 heteroatoms. The van der Waals surface area contributed by atoms with Gasteiger partial charge in [-0.3, -0.25) is 4.79 Å². The van der Waals surface area contributed by atoms with Crippen LogP contribution in [0.25, 0.3) is 0 Å². The fraction of sp³-hybridized carbons (Fsp3) is 0.467. The number of para-hydroxylation sites is 1. The molecule has 1 amide bonds. The summed E-state index contributed by atoms with van der Waals surface area (Å²) >= 11 is 0. The lowest BCUT2D eigenvalue weighted by molar-refractivity contribution is -0.132. The molecular formula is C15H16N2O2. The predicted molar refractivity (Wildman–Crippen MR) is 69.3 cm³/mol. The normalized spacial score (nSPS) is 23.2. The van der Waals surface area contributed by atoms with Crippen LogP contribution in [0.4, 0.5) is 0 Å².